The van der Waals surface area contributed by atoms with Crippen molar-refractivity contribution in [2.24, 2.45) is 0 Å². The minimum atomic E-state index is 0.145. The number of benzene rings is 1. The van der Waals surface area contributed by atoms with Crippen LogP contribution in [0.15, 0.2) is 35.1 Å². The zero-order valence-electron chi connectivity index (χ0n) is 11.7. The maximum absolute atomic E-state index is 6.18. The molecule has 0 aliphatic rings. The molecule has 0 saturated heterocycles. The average Bonchev–Trinajstić information content (AvgIpc) is 2.39. The zero-order valence-corrected chi connectivity index (χ0v) is 14.0. The molecule has 0 radical (unpaired) electrons. The number of hydrogen-bond acceptors (Lipinski definition) is 3. The number of halogens is 2. The second-order valence-corrected chi connectivity index (χ2v) is 6.27. The van der Waals surface area contributed by atoms with Crippen molar-refractivity contribution in [1.82, 2.24) is 9.97 Å². The van der Waals surface area contributed by atoms with Gasteiger partial charge in [0.15, 0.2) is 0 Å². The van der Waals surface area contributed by atoms with Crippen LogP contribution in [0.2, 0.25) is 5.15 Å². The van der Waals surface area contributed by atoms with Crippen molar-refractivity contribution >= 4 is 33.3 Å². The maximum atomic E-state index is 6.18. The van der Waals surface area contributed by atoms with E-state index >= 15 is 0 Å². The molecule has 1 N–H and O–H groups in total. The molecule has 0 aliphatic carbocycles. The normalized spacial score (nSPS) is 12.5. The Kier molecular flexibility index (Phi) is 5.00. The summed E-state index contributed by atoms with van der Waals surface area (Å²) in [4.78, 5) is 8.39. The molecule has 0 aliphatic heterocycles. The van der Waals surface area contributed by atoms with Gasteiger partial charge < -0.3 is 5.32 Å². The van der Waals surface area contributed by atoms with E-state index in [-0.39, 0.29) is 12.0 Å². The number of nitrogens with zero attached hydrogens (tertiary/aromatic N) is 2. The standard InChI is InChI=1S/C15H17BrClN3/c1-9(2)13-14(17)18-8-19-15(13)20-10(3)11-4-6-12(16)7-5-11/h4-10H,1-3H3,(H,18,19,20). The number of anilines is 1. The van der Waals surface area contributed by atoms with E-state index in [9.17, 15) is 0 Å². The third-order valence-corrected chi connectivity index (χ3v) is 3.97. The van der Waals surface area contributed by atoms with E-state index in [1.807, 2.05) is 12.1 Å². The number of hydrogen-bond donors (Lipinski definition) is 1. The Hall–Kier alpha value is -1.13. The lowest BCUT2D eigenvalue weighted by Crippen LogP contribution is -2.11. The van der Waals surface area contributed by atoms with Crippen LogP contribution in [0.4, 0.5) is 5.82 Å². The summed E-state index contributed by atoms with van der Waals surface area (Å²) >= 11 is 9.62. The molecule has 1 heterocycles. The molecular weight excluding hydrogens is 338 g/mol. The third kappa shape index (κ3) is 3.49. The van der Waals surface area contributed by atoms with E-state index < -0.39 is 0 Å². The summed E-state index contributed by atoms with van der Waals surface area (Å²) in [6, 6.07) is 8.37. The van der Waals surface area contributed by atoms with E-state index in [2.05, 4.69) is 64.1 Å². The lowest BCUT2D eigenvalue weighted by molar-refractivity contribution is 0.818. The zero-order chi connectivity index (χ0) is 14.7. The van der Waals surface area contributed by atoms with Crippen LogP contribution < -0.4 is 5.32 Å². The number of rotatable bonds is 4. The van der Waals surface area contributed by atoms with Crippen molar-refractivity contribution in [3.8, 4) is 0 Å². The van der Waals surface area contributed by atoms with Gasteiger partial charge in [-0.25, -0.2) is 9.97 Å². The minimum absolute atomic E-state index is 0.145. The van der Waals surface area contributed by atoms with Crippen molar-refractivity contribution < 1.29 is 0 Å². The lowest BCUT2D eigenvalue weighted by Gasteiger charge is -2.19. The van der Waals surface area contributed by atoms with E-state index in [1.54, 1.807) is 0 Å². The first-order valence-electron chi connectivity index (χ1n) is 6.51. The van der Waals surface area contributed by atoms with Crippen molar-refractivity contribution in [1.29, 1.82) is 0 Å². The predicted molar refractivity (Wildman–Crippen MR) is 87.3 cm³/mol. The Morgan fingerprint density at radius 3 is 2.35 bits per heavy atom. The predicted octanol–water partition coefficient (Wildman–Crippen LogP) is 5.19. The quantitative estimate of drug-likeness (QED) is 0.768. The fourth-order valence-corrected chi connectivity index (χ4v) is 2.66. The van der Waals surface area contributed by atoms with Crippen LogP contribution in [0.5, 0.6) is 0 Å². The molecule has 2 rings (SSSR count). The van der Waals surface area contributed by atoms with Gasteiger partial charge in [0.1, 0.15) is 17.3 Å². The first-order valence-corrected chi connectivity index (χ1v) is 7.68. The van der Waals surface area contributed by atoms with Crippen LogP contribution in [-0.2, 0) is 0 Å². The molecule has 5 heteroatoms. The first-order chi connectivity index (χ1) is 9.49. The van der Waals surface area contributed by atoms with Gasteiger partial charge in [-0.2, -0.15) is 0 Å². The molecule has 0 spiro atoms. The summed E-state index contributed by atoms with van der Waals surface area (Å²) in [6.45, 7) is 6.27. The van der Waals surface area contributed by atoms with Gasteiger partial charge in [-0.15, -0.1) is 0 Å². The molecule has 0 amide bonds. The second kappa shape index (κ2) is 6.55. The van der Waals surface area contributed by atoms with Gasteiger partial charge in [0.2, 0.25) is 0 Å². The lowest BCUT2D eigenvalue weighted by atomic mass is 10.0. The number of aromatic nitrogens is 2. The highest BCUT2D eigenvalue weighted by atomic mass is 79.9. The summed E-state index contributed by atoms with van der Waals surface area (Å²) in [6.07, 6.45) is 1.49. The molecule has 3 nitrogen and oxygen atoms in total. The Morgan fingerprint density at radius 1 is 1.10 bits per heavy atom. The molecule has 20 heavy (non-hydrogen) atoms. The highest BCUT2D eigenvalue weighted by Crippen LogP contribution is 2.30. The molecule has 1 aromatic heterocycles. The summed E-state index contributed by atoms with van der Waals surface area (Å²) in [5.74, 6) is 1.07. The van der Waals surface area contributed by atoms with Crippen molar-refractivity contribution in [2.75, 3.05) is 5.32 Å². The van der Waals surface area contributed by atoms with Crippen LogP contribution in [0.3, 0.4) is 0 Å². The molecule has 1 aromatic carbocycles. The Bertz CT molecular complexity index is 584. The Balaban J connectivity index is 2.26. The van der Waals surface area contributed by atoms with Gasteiger partial charge in [-0.3, -0.25) is 0 Å². The smallest absolute Gasteiger partial charge is 0.138 e. The van der Waals surface area contributed by atoms with E-state index in [0.29, 0.717) is 5.15 Å². The van der Waals surface area contributed by atoms with Crippen LogP contribution in [0.1, 0.15) is 43.9 Å². The van der Waals surface area contributed by atoms with Crippen LogP contribution >= 0.6 is 27.5 Å². The highest BCUT2D eigenvalue weighted by molar-refractivity contribution is 9.10. The van der Waals surface area contributed by atoms with Crippen molar-refractivity contribution in [3.05, 3.63) is 51.3 Å². The fourth-order valence-electron chi connectivity index (χ4n) is 2.04. The molecule has 0 bridgehead atoms. The van der Waals surface area contributed by atoms with Crippen LogP contribution in [0, 0.1) is 0 Å². The molecule has 1 atom stereocenters. The Morgan fingerprint density at radius 2 is 1.75 bits per heavy atom. The third-order valence-electron chi connectivity index (χ3n) is 3.14. The summed E-state index contributed by atoms with van der Waals surface area (Å²) in [5, 5.41) is 3.93. The summed E-state index contributed by atoms with van der Waals surface area (Å²) in [7, 11) is 0. The highest BCUT2D eigenvalue weighted by Gasteiger charge is 2.15. The monoisotopic (exact) mass is 353 g/mol. The maximum Gasteiger partial charge on any atom is 0.138 e. The minimum Gasteiger partial charge on any atom is -0.363 e. The number of nitrogens with one attached hydrogen (secondary N) is 1. The van der Waals surface area contributed by atoms with Gasteiger partial charge in [0, 0.05) is 16.1 Å². The van der Waals surface area contributed by atoms with Crippen LogP contribution in [0.25, 0.3) is 0 Å². The average molecular weight is 355 g/mol. The van der Waals surface area contributed by atoms with Crippen LogP contribution in [-0.4, -0.2) is 9.97 Å². The molecule has 1 unspecified atom stereocenters. The van der Waals surface area contributed by atoms with Crippen molar-refractivity contribution in [3.63, 3.8) is 0 Å². The molecular formula is C15H17BrClN3. The molecule has 106 valence electrons. The van der Waals surface area contributed by atoms with Gasteiger partial charge in [0.25, 0.3) is 0 Å². The van der Waals surface area contributed by atoms with E-state index in [1.165, 1.54) is 11.9 Å². The topological polar surface area (TPSA) is 37.8 Å². The van der Waals surface area contributed by atoms with Gasteiger partial charge in [-0.1, -0.05) is 53.5 Å². The molecule has 0 saturated carbocycles. The van der Waals surface area contributed by atoms with E-state index in [0.717, 1.165) is 15.9 Å². The van der Waals surface area contributed by atoms with Gasteiger partial charge in [0.05, 0.1) is 0 Å². The first kappa shape index (κ1) is 15.3. The fraction of sp³-hybridized carbons (Fsp3) is 0.333. The summed E-state index contributed by atoms with van der Waals surface area (Å²) < 4.78 is 1.07. The van der Waals surface area contributed by atoms with Gasteiger partial charge in [-0.05, 0) is 30.5 Å². The van der Waals surface area contributed by atoms with E-state index in [4.69, 9.17) is 11.6 Å². The largest absolute Gasteiger partial charge is 0.363 e. The Labute approximate surface area is 132 Å². The van der Waals surface area contributed by atoms with Crippen molar-refractivity contribution in [2.45, 2.75) is 32.7 Å². The second-order valence-electron chi connectivity index (χ2n) is 5.00. The van der Waals surface area contributed by atoms with Gasteiger partial charge >= 0.3 is 0 Å². The SMILES string of the molecule is CC(C)c1c(Cl)ncnc1NC(C)c1ccc(Br)cc1. The summed E-state index contributed by atoms with van der Waals surface area (Å²) in [5.41, 5.74) is 2.15. The molecule has 2 aromatic rings. The molecule has 0 fully saturated rings.